The number of aromatic nitrogens is 1. The fourth-order valence-electron chi connectivity index (χ4n) is 2.01. The Kier molecular flexibility index (Phi) is 5.54. The molecule has 2 N–H and O–H groups in total. The molecule has 1 fully saturated rings. The van der Waals surface area contributed by atoms with Crippen LogP contribution in [0.2, 0.25) is 0 Å². The molecule has 0 unspecified atom stereocenters. The van der Waals surface area contributed by atoms with Gasteiger partial charge in [0.2, 0.25) is 10.0 Å². The minimum atomic E-state index is -3.38. The van der Waals surface area contributed by atoms with Crippen LogP contribution in [-0.2, 0) is 23.1 Å². The Bertz CT molecular complexity index is 536. The molecule has 5 nitrogen and oxygen atoms in total. The Balaban J connectivity index is 2.06. The lowest BCUT2D eigenvalue weighted by Crippen LogP contribution is -2.25. The molecule has 1 saturated carbocycles. The Morgan fingerprint density at radius 1 is 1.45 bits per heavy atom. The minimum absolute atomic E-state index is 0.369. The third-order valence-corrected chi connectivity index (χ3v) is 5.40. The van der Waals surface area contributed by atoms with Crippen LogP contribution in [0.25, 0.3) is 0 Å². The molecule has 0 spiro atoms. The van der Waals surface area contributed by atoms with Crippen molar-refractivity contribution in [1.82, 2.24) is 14.6 Å². The summed E-state index contributed by atoms with van der Waals surface area (Å²) in [5.41, 5.74) is 1.03. The summed E-state index contributed by atoms with van der Waals surface area (Å²) < 4.78 is 29.0. The predicted octanol–water partition coefficient (Wildman–Crippen LogP) is 1.40. The summed E-state index contributed by atoms with van der Waals surface area (Å²) in [5.74, 6) is 0.782. The average Bonchev–Trinajstić information content (AvgIpc) is 3.14. The molecular formula is C13H23N3O2S2. The molecule has 0 aromatic carbocycles. The van der Waals surface area contributed by atoms with E-state index in [9.17, 15) is 8.42 Å². The number of rotatable bonds is 9. The van der Waals surface area contributed by atoms with Crippen molar-refractivity contribution in [3.63, 3.8) is 0 Å². The highest BCUT2D eigenvalue weighted by Crippen LogP contribution is 2.20. The molecule has 1 aromatic rings. The van der Waals surface area contributed by atoms with Crippen molar-refractivity contribution in [1.29, 1.82) is 0 Å². The second kappa shape index (κ2) is 6.98. The summed E-state index contributed by atoms with van der Waals surface area (Å²) in [4.78, 5) is 0.369. The molecule has 1 aliphatic rings. The molecule has 0 atom stereocenters. The third-order valence-electron chi connectivity index (χ3n) is 3.36. The summed E-state index contributed by atoms with van der Waals surface area (Å²) >= 11 is 1.63. The monoisotopic (exact) mass is 317 g/mol. The van der Waals surface area contributed by atoms with Gasteiger partial charge in [-0.05, 0) is 32.1 Å². The molecular weight excluding hydrogens is 294 g/mol. The number of sulfonamides is 1. The first kappa shape index (κ1) is 15.9. The van der Waals surface area contributed by atoms with Gasteiger partial charge in [-0.25, -0.2) is 13.1 Å². The number of hydrogen-bond acceptors (Lipinski definition) is 4. The standard InChI is InChI=1S/C13H23N3O2S2/c1-3-16-10-13(20(17,18)15-6-7-19-2)8-12(16)9-14-11-4-5-11/h8,10-11,14-15H,3-7,9H2,1-2H3. The molecule has 1 aromatic heterocycles. The first-order valence-electron chi connectivity index (χ1n) is 6.98. The maximum atomic E-state index is 12.2. The van der Waals surface area contributed by atoms with E-state index in [1.54, 1.807) is 24.0 Å². The summed E-state index contributed by atoms with van der Waals surface area (Å²) in [5, 5.41) is 3.43. The van der Waals surface area contributed by atoms with Crippen LogP contribution in [0, 0.1) is 0 Å². The summed E-state index contributed by atoms with van der Waals surface area (Å²) in [6, 6.07) is 2.40. The SMILES string of the molecule is CCn1cc(S(=O)(=O)NCCSC)cc1CNC1CC1. The zero-order valence-corrected chi connectivity index (χ0v) is 13.7. The van der Waals surface area contributed by atoms with Gasteiger partial charge in [0.05, 0.1) is 4.90 Å². The Labute approximate surface area is 125 Å². The van der Waals surface area contributed by atoms with Gasteiger partial charge < -0.3 is 9.88 Å². The van der Waals surface area contributed by atoms with Crippen molar-refractivity contribution in [2.45, 2.75) is 43.8 Å². The lowest BCUT2D eigenvalue weighted by Gasteiger charge is -2.06. The molecule has 20 heavy (non-hydrogen) atoms. The number of hydrogen-bond donors (Lipinski definition) is 2. The quantitative estimate of drug-likeness (QED) is 0.676. The van der Waals surface area contributed by atoms with Gasteiger partial charge in [-0.1, -0.05) is 0 Å². The molecule has 0 aliphatic heterocycles. The number of aryl methyl sites for hydroxylation is 1. The number of thioether (sulfide) groups is 1. The van der Waals surface area contributed by atoms with Gasteiger partial charge in [-0.2, -0.15) is 11.8 Å². The van der Waals surface area contributed by atoms with E-state index < -0.39 is 10.0 Å². The molecule has 0 amide bonds. The van der Waals surface area contributed by atoms with Crippen molar-refractivity contribution >= 4 is 21.8 Å². The van der Waals surface area contributed by atoms with Crippen LogP contribution < -0.4 is 10.0 Å². The second-order valence-electron chi connectivity index (χ2n) is 5.00. The van der Waals surface area contributed by atoms with Gasteiger partial charge >= 0.3 is 0 Å². The summed E-state index contributed by atoms with van der Waals surface area (Å²) in [6.45, 7) is 4.01. The van der Waals surface area contributed by atoms with Crippen molar-refractivity contribution in [3.05, 3.63) is 18.0 Å². The van der Waals surface area contributed by atoms with Gasteiger partial charge in [0.1, 0.15) is 0 Å². The first-order valence-corrected chi connectivity index (χ1v) is 9.85. The van der Waals surface area contributed by atoms with E-state index in [-0.39, 0.29) is 0 Å². The van der Waals surface area contributed by atoms with E-state index in [2.05, 4.69) is 10.0 Å². The van der Waals surface area contributed by atoms with Gasteiger partial charge in [-0.15, -0.1) is 0 Å². The van der Waals surface area contributed by atoms with Gasteiger partial charge in [0.15, 0.2) is 0 Å². The van der Waals surface area contributed by atoms with Gasteiger partial charge in [-0.3, -0.25) is 0 Å². The Hall–Kier alpha value is -0.500. The zero-order valence-electron chi connectivity index (χ0n) is 12.1. The van der Waals surface area contributed by atoms with Crippen molar-refractivity contribution in [2.75, 3.05) is 18.6 Å². The average molecular weight is 317 g/mol. The highest BCUT2D eigenvalue weighted by atomic mass is 32.2. The normalized spacial score (nSPS) is 15.7. The largest absolute Gasteiger partial charge is 0.349 e. The lowest BCUT2D eigenvalue weighted by molar-refractivity contribution is 0.583. The number of nitrogens with one attached hydrogen (secondary N) is 2. The molecule has 1 aliphatic carbocycles. The smallest absolute Gasteiger partial charge is 0.242 e. The van der Waals surface area contributed by atoms with Gasteiger partial charge in [0, 0.05) is 43.3 Å². The topological polar surface area (TPSA) is 63.1 Å². The molecule has 0 bridgehead atoms. The van der Waals surface area contributed by atoms with Crippen LogP contribution in [0.5, 0.6) is 0 Å². The van der Waals surface area contributed by atoms with Crippen molar-refractivity contribution < 1.29 is 8.42 Å². The fourth-order valence-corrected chi connectivity index (χ4v) is 3.54. The van der Waals surface area contributed by atoms with Crippen LogP contribution in [0.3, 0.4) is 0 Å². The Morgan fingerprint density at radius 3 is 2.80 bits per heavy atom. The summed E-state index contributed by atoms with van der Waals surface area (Å²) in [7, 11) is -3.38. The van der Waals surface area contributed by atoms with Gasteiger partial charge in [0.25, 0.3) is 0 Å². The van der Waals surface area contributed by atoms with E-state index >= 15 is 0 Å². The lowest BCUT2D eigenvalue weighted by atomic mass is 10.4. The van der Waals surface area contributed by atoms with Crippen molar-refractivity contribution in [3.8, 4) is 0 Å². The first-order chi connectivity index (χ1) is 9.56. The van der Waals surface area contributed by atoms with Crippen LogP contribution in [0.4, 0.5) is 0 Å². The maximum absolute atomic E-state index is 12.2. The molecule has 1 heterocycles. The van der Waals surface area contributed by atoms with E-state index in [0.717, 1.165) is 24.5 Å². The third kappa shape index (κ3) is 4.25. The van der Waals surface area contributed by atoms with E-state index in [4.69, 9.17) is 0 Å². The maximum Gasteiger partial charge on any atom is 0.242 e. The van der Waals surface area contributed by atoms with E-state index in [0.29, 0.717) is 17.5 Å². The minimum Gasteiger partial charge on any atom is -0.349 e. The molecule has 0 saturated heterocycles. The summed E-state index contributed by atoms with van der Waals surface area (Å²) in [6.07, 6.45) is 6.15. The predicted molar refractivity (Wildman–Crippen MR) is 83.5 cm³/mol. The van der Waals surface area contributed by atoms with Crippen LogP contribution >= 0.6 is 11.8 Å². The van der Waals surface area contributed by atoms with Crippen LogP contribution in [-0.4, -0.2) is 37.6 Å². The van der Waals surface area contributed by atoms with Crippen LogP contribution in [0.15, 0.2) is 17.2 Å². The van der Waals surface area contributed by atoms with Crippen LogP contribution in [0.1, 0.15) is 25.5 Å². The molecule has 114 valence electrons. The Morgan fingerprint density at radius 2 is 2.20 bits per heavy atom. The van der Waals surface area contributed by atoms with Crippen molar-refractivity contribution in [2.24, 2.45) is 0 Å². The second-order valence-corrected chi connectivity index (χ2v) is 7.75. The molecule has 0 radical (unpaired) electrons. The molecule has 2 rings (SSSR count). The van der Waals surface area contributed by atoms with E-state index in [1.165, 1.54) is 12.8 Å². The highest BCUT2D eigenvalue weighted by molar-refractivity contribution is 7.98. The zero-order chi connectivity index (χ0) is 14.6. The fraction of sp³-hybridized carbons (Fsp3) is 0.692. The number of nitrogens with zero attached hydrogens (tertiary/aromatic N) is 1. The highest BCUT2D eigenvalue weighted by Gasteiger charge is 2.22. The van der Waals surface area contributed by atoms with E-state index in [1.807, 2.05) is 17.7 Å². The molecule has 7 heteroatoms.